The largest absolute Gasteiger partial charge is 0.748 e. The molecular weight excluding hydrogens is 536 g/mol. The van der Waals surface area contributed by atoms with E-state index in [9.17, 15) is 13.2 Å². The van der Waals surface area contributed by atoms with E-state index in [-0.39, 0.29) is 16.3 Å². The number of ether oxygens (including phenoxy) is 1. The summed E-state index contributed by atoms with van der Waals surface area (Å²) in [5.74, 6) is 0.718. The fourth-order valence-electron chi connectivity index (χ4n) is 4.09. The van der Waals surface area contributed by atoms with E-state index >= 15 is 0 Å². The molecule has 0 bridgehead atoms. The molecule has 1 aliphatic heterocycles. The van der Waals surface area contributed by atoms with Crippen molar-refractivity contribution in [1.29, 1.82) is 0 Å². The number of nitrogens with zero attached hydrogens (tertiary/aromatic N) is 5. The SMILES string of the molecule is CCCc1nn(C)c2c(=O)[nH]c(-c3cc(S(=O)(=O)N4CCN(C)CC4)ccc3OCC)nc12.CS(=O)(=O)[O-]. The smallest absolute Gasteiger partial charge is 0.277 e. The minimum Gasteiger partial charge on any atom is -0.748 e. The van der Waals surface area contributed by atoms with Crippen LogP contribution in [0.2, 0.25) is 0 Å². The van der Waals surface area contributed by atoms with Gasteiger partial charge in [0.15, 0.2) is 5.52 Å². The molecule has 15 heteroatoms. The van der Waals surface area contributed by atoms with Gasteiger partial charge >= 0.3 is 0 Å². The summed E-state index contributed by atoms with van der Waals surface area (Å²) in [5.41, 5.74) is 1.75. The van der Waals surface area contributed by atoms with E-state index in [0.29, 0.717) is 67.8 Å². The van der Waals surface area contributed by atoms with E-state index in [1.54, 1.807) is 25.2 Å². The first kappa shape index (κ1) is 29.7. The third kappa shape index (κ3) is 6.96. The van der Waals surface area contributed by atoms with Crippen LogP contribution in [0.4, 0.5) is 0 Å². The average molecular weight is 570 g/mol. The molecule has 0 atom stereocenters. The van der Waals surface area contributed by atoms with E-state index in [2.05, 4.69) is 15.0 Å². The lowest BCUT2D eigenvalue weighted by Crippen LogP contribution is -2.47. The molecule has 0 aliphatic carbocycles. The molecule has 1 aromatic carbocycles. The number of aromatic nitrogens is 4. The van der Waals surface area contributed by atoms with Crippen molar-refractivity contribution in [2.75, 3.05) is 46.1 Å². The average Bonchev–Trinajstić information content (AvgIpc) is 3.14. The second-order valence-electron chi connectivity index (χ2n) is 8.93. The van der Waals surface area contributed by atoms with E-state index in [0.717, 1.165) is 12.1 Å². The lowest BCUT2D eigenvalue weighted by molar-refractivity contribution is 0.222. The molecule has 13 nitrogen and oxygen atoms in total. The zero-order chi connectivity index (χ0) is 28.3. The maximum Gasteiger partial charge on any atom is 0.277 e. The molecule has 210 valence electrons. The Kier molecular flexibility index (Phi) is 9.30. The molecule has 0 spiro atoms. The van der Waals surface area contributed by atoms with Crippen molar-refractivity contribution in [2.45, 2.75) is 31.6 Å². The van der Waals surface area contributed by atoms with Gasteiger partial charge in [0.2, 0.25) is 10.0 Å². The van der Waals surface area contributed by atoms with Gasteiger partial charge in [-0.05, 0) is 38.6 Å². The maximum atomic E-state index is 13.3. The van der Waals surface area contributed by atoms with Gasteiger partial charge in [0.05, 0.1) is 32.9 Å². The molecule has 38 heavy (non-hydrogen) atoms. The second-order valence-corrected chi connectivity index (χ2v) is 12.3. The number of nitrogens with one attached hydrogen (secondary N) is 1. The van der Waals surface area contributed by atoms with Crippen LogP contribution in [0.15, 0.2) is 27.9 Å². The fraction of sp³-hybridized carbons (Fsp3) is 0.522. The number of sulfonamides is 1. The lowest BCUT2D eigenvalue weighted by atomic mass is 10.1. The quantitative estimate of drug-likeness (QED) is 0.401. The van der Waals surface area contributed by atoms with Crippen LogP contribution in [0, 0.1) is 0 Å². The summed E-state index contributed by atoms with van der Waals surface area (Å²) >= 11 is 0. The van der Waals surface area contributed by atoms with Gasteiger partial charge in [0, 0.05) is 39.5 Å². The Balaban J connectivity index is 0.000000732. The number of rotatable bonds is 7. The van der Waals surface area contributed by atoms with Gasteiger partial charge in [0.25, 0.3) is 5.56 Å². The molecule has 4 rings (SSSR count). The van der Waals surface area contributed by atoms with Gasteiger partial charge < -0.3 is 19.2 Å². The minimum atomic E-state index is -3.92. The number of aryl methyl sites for hydroxylation is 2. The van der Waals surface area contributed by atoms with Crippen molar-refractivity contribution in [1.82, 2.24) is 29.0 Å². The van der Waals surface area contributed by atoms with Crippen LogP contribution >= 0.6 is 0 Å². The molecule has 1 fully saturated rings. The first-order valence-corrected chi connectivity index (χ1v) is 15.3. The Morgan fingerprint density at radius 3 is 2.29 bits per heavy atom. The Morgan fingerprint density at radius 1 is 1.08 bits per heavy atom. The third-order valence-electron chi connectivity index (χ3n) is 5.86. The van der Waals surface area contributed by atoms with Crippen molar-refractivity contribution < 1.29 is 26.1 Å². The van der Waals surface area contributed by atoms with Crippen LogP contribution in [-0.4, -0.2) is 96.4 Å². The van der Waals surface area contributed by atoms with E-state index in [4.69, 9.17) is 22.7 Å². The van der Waals surface area contributed by atoms with Crippen LogP contribution in [0.1, 0.15) is 26.0 Å². The van der Waals surface area contributed by atoms with Gasteiger partial charge in [-0.15, -0.1) is 0 Å². The molecule has 3 aromatic rings. The van der Waals surface area contributed by atoms with Crippen molar-refractivity contribution in [3.8, 4) is 17.1 Å². The van der Waals surface area contributed by atoms with Crippen molar-refractivity contribution in [2.24, 2.45) is 7.05 Å². The summed E-state index contributed by atoms with van der Waals surface area (Å²) in [6.07, 6.45) is 2.15. The van der Waals surface area contributed by atoms with Gasteiger partial charge in [-0.3, -0.25) is 9.48 Å². The Morgan fingerprint density at radius 2 is 1.71 bits per heavy atom. The Hall–Kier alpha value is -2.85. The number of fused-ring (bicyclic) bond motifs is 1. The standard InChI is InChI=1S/C22H30N6O4S.CH4O3S/c1-5-7-17-19-20(27(4)25-17)22(29)24-21(23-19)16-14-15(8-9-18(16)32-6-2)33(30,31)28-12-10-26(3)11-13-28;1-5(2,3)4/h8-9,14H,5-7,10-13H2,1-4H3,(H,23,24,29);1H3,(H,2,3,4)/p-1. The molecule has 1 aliphatic rings. The van der Waals surface area contributed by atoms with E-state index in [1.807, 2.05) is 20.9 Å². The molecule has 1 saturated heterocycles. The maximum absolute atomic E-state index is 13.3. The highest BCUT2D eigenvalue weighted by Crippen LogP contribution is 2.32. The topological polar surface area (TPSA) is 171 Å². The molecule has 0 unspecified atom stereocenters. The Bertz CT molecular complexity index is 1550. The van der Waals surface area contributed by atoms with Crippen LogP contribution in [-0.2, 0) is 33.6 Å². The third-order valence-corrected chi connectivity index (χ3v) is 7.75. The van der Waals surface area contributed by atoms with Crippen molar-refractivity contribution >= 4 is 31.2 Å². The predicted molar refractivity (Wildman–Crippen MR) is 142 cm³/mol. The van der Waals surface area contributed by atoms with Crippen LogP contribution < -0.4 is 10.3 Å². The first-order valence-electron chi connectivity index (χ1n) is 12.1. The molecular formula is C23H33N6O7S2-. The Labute approximate surface area is 222 Å². The summed E-state index contributed by atoms with van der Waals surface area (Å²) in [6, 6.07) is 4.71. The van der Waals surface area contributed by atoms with Gasteiger partial charge in [-0.1, -0.05) is 13.3 Å². The molecule has 0 amide bonds. The lowest BCUT2D eigenvalue weighted by Gasteiger charge is -2.31. The zero-order valence-corrected chi connectivity index (χ0v) is 23.7. The van der Waals surface area contributed by atoms with Gasteiger partial charge in [-0.25, -0.2) is 21.8 Å². The highest BCUT2D eigenvalue weighted by Gasteiger charge is 2.29. The highest BCUT2D eigenvalue weighted by molar-refractivity contribution is 7.89. The van der Waals surface area contributed by atoms with Gasteiger partial charge in [0.1, 0.15) is 17.1 Å². The number of hydrogen-bond acceptors (Lipinski definition) is 10. The molecule has 3 heterocycles. The molecule has 0 radical (unpaired) electrons. The zero-order valence-electron chi connectivity index (χ0n) is 22.1. The summed E-state index contributed by atoms with van der Waals surface area (Å²) < 4.78 is 62.7. The number of H-pyrrole nitrogens is 1. The van der Waals surface area contributed by atoms with Crippen LogP contribution in [0.3, 0.4) is 0 Å². The number of likely N-dealkylation sites (N-methyl/N-ethyl adjacent to an activating group) is 1. The monoisotopic (exact) mass is 569 g/mol. The number of aromatic amines is 1. The van der Waals surface area contributed by atoms with Gasteiger partial charge in [-0.2, -0.15) is 9.40 Å². The van der Waals surface area contributed by atoms with Crippen molar-refractivity contribution in [3.63, 3.8) is 0 Å². The summed E-state index contributed by atoms with van der Waals surface area (Å²) in [7, 11) is -3.92. The minimum absolute atomic E-state index is 0.147. The fourth-order valence-corrected chi connectivity index (χ4v) is 5.54. The molecule has 1 N–H and O–H groups in total. The van der Waals surface area contributed by atoms with Crippen LogP contribution in [0.5, 0.6) is 5.75 Å². The normalized spacial score (nSPS) is 15.3. The summed E-state index contributed by atoms with van der Waals surface area (Å²) in [4.78, 5) is 22.7. The number of benzene rings is 1. The number of piperazine rings is 1. The van der Waals surface area contributed by atoms with Crippen LogP contribution in [0.25, 0.3) is 22.4 Å². The highest BCUT2D eigenvalue weighted by atomic mass is 32.2. The summed E-state index contributed by atoms with van der Waals surface area (Å²) in [6.45, 7) is 6.48. The van der Waals surface area contributed by atoms with E-state index in [1.165, 1.54) is 8.99 Å². The van der Waals surface area contributed by atoms with Crippen molar-refractivity contribution in [3.05, 3.63) is 34.2 Å². The number of hydrogen-bond donors (Lipinski definition) is 1. The molecule has 0 saturated carbocycles. The summed E-state index contributed by atoms with van der Waals surface area (Å²) in [5, 5.41) is 4.45. The predicted octanol–water partition coefficient (Wildman–Crippen LogP) is 0.772. The second kappa shape index (κ2) is 11.9. The molecule has 2 aromatic heterocycles. The van der Waals surface area contributed by atoms with E-state index < -0.39 is 20.1 Å². The first-order chi connectivity index (χ1) is 17.8.